The van der Waals surface area contributed by atoms with Crippen molar-refractivity contribution in [2.45, 2.75) is 6.54 Å². The first-order valence-corrected chi connectivity index (χ1v) is 9.53. The molecule has 0 radical (unpaired) electrons. The summed E-state index contributed by atoms with van der Waals surface area (Å²) in [5.41, 5.74) is 5.89. The largest absolute Gasteiger partial charge is 0.461 e. The van der Waals surface area contributed by atoms with Crippen molar-refractivity contribution in [2.24, 2.45) is 0 Å². The maximum Gasteiger partial charge on any atom is 0.259 e. The molecule has 0 bridgehead atoms. The van der Waals surface area contributed by atoms with E-state index in [0.717, 1.165) is 0 Å². The molecule has 0 saturated carbocycles. The molecule has 1 fully saturated rings. The van der Waals surface area contributed by atoms with E-state index in [2.05, 4.69) is 20.1 Å². The van der Waals surface area contributed by atoms with Crippen molar-refractivity contribution < 1.29 is 17.6 Å². The molecule has 4 aromatic rings. The van der Waals surface area contributed by atoms with Gasteiger partial charge in [-0.05, 0) is 12.1 Å². The number of aromatic nitrogens is 5. The van der Waals surface area contributed by atoms with Gasteiger partial charge in [-0.2, -0.15) is 19.5 Å². The van der Waals surface area contributed by atoms with Crippen LogP contribution in [0.3, 0.4) is 0 Å². The number of fused-ring (bicyclic) bond motifs is 1. The Morgan fingerprint density at radius 1 is 1.00 bits per heavy atom. The molecule has 1 aliphatic rings. The summed E-state index contributed by atoms with van der Waals surface area (Å²) in [6.07, 6.45) is 1.52. The molecule has 1 aliphatic heterocycles. The number of nitrogen functional groups attached to an aromatic ring is 1. The molecule has 4 heterocycles. The number of hydrogen-bond acceptors (Lipinski definition) is 8. The van der Waals surface area contributed by atoms with Gasteiger partial charge in [0, 0.05) is 50.4 Å². The Balaban J connectivity index is 0.00000245. The molecule has 2 N–H and O–H groups in total. The van der Waals surface area contributed by atoms with Crippen LogP contribution in [-0.2, 0) is 6.54 Å². The maximum atomic E-state index is 13.9. The first-order chi connectivity index (χ1) is 15.0. The van der Waals surface area contributed by atoms with Crippen LogP contribution < -0.4 is 10.6 Å². The average molecular weight is 467 g/mol. The van der Waals surface area contributed by atoms with Crippen LogP contribution in [0, 0.1) is 17.5 Å². The van der Waals surface area contributed by atoms with Crippen LogP contribution in [-0.4, -0.2) is 55.6 Å². The molecule has 1 aromatic carbocycles. The fourth-order valence-corrected chi connectivity index (χ4v) is 3.50. The quantitative estimate of drug-likeness (QED) is 0.489. The number of benzene rings is 1. The summed E-state index contributed by atoms with van der Waals surface area (Å²) in [5, 5.41) is 4.26. The van der Waals surface area contributed by atoms with E-state index in [-0.39, 0.29) is 36.2 Å². The molecule has 0 amide bonds. The van der Waals surface area contributed by atoms with Gasteiger partial charge in [-0.1, -0.05) is 0 Å². The van der Waals surface area contributed by atoms with Gasteiger partial charge in [0.05, 0.1) is 6.26 Å². The standard InChI is InChI=1S/C19H17F3N8O.ClH/c20-11-8-13(21)12(14(22)9-11)10-28-3-5-29(6-4-28)18-25-17(23)30-19(26-18)24-16(27-30)15-2-1-7-31-15;/h1-2,7-9H,3-6,10H2,(H2,23,24,25,26,27);1H. The van der Waals surface area contributed by atoms with Gasteiger partial charge in [-0.3, -0.25) is 4.90 Å². The fourth-order valence-electron chi connectivity index (χ4n) is 3.50. The van der Waals surface area contributed by atoms with Crippen LogP contribution in [0.4, 0.5) is 25.1 Å². The first-order valence-electron chi connectivity index (χ1n) is 9.53. The summed E-state index contributed by atoms with van der Waals surface area (Å²) in [6.45, 7) is 2.09. The number of halogens is 4. The molecule has 0 atom stereocenters. The molecule has 32 heavy (non-hydrogen) atoms. The molecule has 5 rings (SSSR count). The first kappa shape index (κ1) is 21.8. The molecular weight excluding hydrogens is 449 g/mol. The Labute approximate surface area is 186 Å². The Kier molecular flexibility index (Phi) is 5.89. The highest BCUT2D eigenvalue weighted by molar-refractivity contribution is 5.85. The van der Waals surface area contributed by atoms with Crippen molar-refractivity contribution in [1.29, 1.82) is 0 Å². The fraction of sp³-hybridized carbons (Fsp3) is 0.263. The van der Waals surface area contributed by atoms with Crippen molar-refractivity contribution in [1.82, 2.24) is 29.5 Å². The van der Waals surface area contributed by atoms with Gasteiger partial charge in [-0.25, -0.2) is 13.2 Å². The predicted molar refractivity (Wildman–Crippen MR) is 112 cm³/mol. The van der Waals surface area contributed by atoms with Gasteiger partial charge < -0.3 is 15.1 Å². The summed E-state index contributed by atoms with van der Waals surface area (Å²) >= 11 is 0. The summed E-state index contributed by atoms with van der Waals surface area (Å²) in [6, 6.07) is 4.84. The molecule has 0 unspecified atom stereocenters. The zero-order chi connectivity index (χ0) is 21.5. The molecular formula is C19H18ClF3N8O. The third-order valence-corrected chi connectivity index (χ3v) is 5.11. The van der Waals surface area contributed by atoms with Crippen molar-refractivity contribution in [3.8, 4) is 11.6 Å². The lowest BCUT2D eigenvalue weighted by Crippen LogP contribution is -2.46. The Hall–Kier alpha value is -3.38. The van der Waals surface area contributed by atoms with E-state index < -0.39 is 17.5 Å². The lowest BCUT2D eigenvalue weighted by Gasteiger charge is -2.34. The number of hydrogen-bond donors (Lipinski definition) is 1. The van der Waals surface area contributed by atoms with Gasteiger partial charge in [0.2, 0.25) is 17.7 Å². The SMILES string of the molecule is Cl.Nc1nc(N2CCN(Cc3c(F)cc(F)cc3F)CC2)nc2nc(-c3ccco3)nn12. The van der Waals surface area contributed by atoms with Crippen LogP contribution >= 0.6 is 12.4 Å². The zero-order valence-electron chi connectivity index (χ0n) is 16.6. The second-order valence-electron chi connectivity index (χ2n) is 7.12. The van der Waals surface area contributed by atoms with Crippen molar-refractivity contribution in [2.75, 3.05) is 36.8 Å². The monoisotopic (exact) mass is 466 g/mol. The molecule has 3 aromatic heterocycles. The van der Waals surface area contributed by atoms with Crippen molar-refractivity contribution in [3.05, 3.63) is 53.5 Å². The summed E-state index contributed by atoms with van der Waals surface area (Å²) in [5.74, 6) is -1.08. The number of furan rings is 1. The van der Waals surface area contributed by atoms with Gasteiger partial charge in [0.1, 0.15) is 17.5 Å². The van der Waals surface area contributed by atoms with Gasteiger partial charge in [-0.15, -0.1) is 17.5 Å². The van der Waals surface area contributed by atoms with Crippen LogP contribution in [0.5, 0.6) is 0 Å². The topological polar surface area (TPSA) is 102 Å². The zero-order valence-corrected chi connectivity index (χ0v) is 17.4. The second-order valence-corrected chi connectivity index (χ2v) is 7.12. The van der Waals surface area contributed by atoms with E-state index in [1.807, 2.05) is 9.80 Å². The van der Waals surface area contributed by atoms with Gasteiger partial charge >= 0.3 is 0 Å². The second kappa shape index (κ2) is 8.63. The number of rotatable bonds is 4. The minimum absolute atomic E-state index is 0. The normalized spacial score (nSPS) is 14.7. The third-order valence-electron chi connectivity index (χ3n) is 5.11. The van der Waals surface area contributed by atoms with E-state index in [1.54, 1.807) is 12.1 Å². The van der Waals surface area contributed by atoms with Gasteiger partial charge in [0.25, 0.3) is 5.78 Å². The number of nitrogens with two attached hydrogens (primary N) is 1. The molecule has 1 saturated heterocycles. The van der Waals surface area contributed by atoms with E-state index >= 15 is 0 Å². The van der Waals surface area contributed by atoms with E-state index in [1.165, 1.54) is 10.8 Å². The molecule has 9 nitrogen and oxygen atoms in total. The highest BCUT2D eigenvalue weighted by Crippen LogP contribution is 2.21. The van der Waals surface area contributed by atoms with Crippen LogP contribution in [0.2, 0.25) is 0 Å². The average Bonchev–Trinajstić information content (AvgIpc) is 3.41. The lowest BCUT2D eigenvalue weighted by molar-refractivity contribution is 0.241. The molecule has 168 valence electrons. The van der Waals surface area contributed by atoms with Crippen LogP contribution in [0.1, 0.15) is 5.56 Å². The number of anilines is 2. The van der Waals surface area contributed by atoms with E-state index in [9.17, 15) is 13.2 Å². The molecule has 0 aliphatic carbocycles. The Bertz CT molecular complexity index is 1220. The molecule has 13 heteroatoms. The highest BCUT2D eigenvalue weighted by Gasteiger charge is 2.23. The van der Waals surface area contributed by atoms with Crippen molar-refractivity contribution in [3.63, 3.8) is 0 Å². The minimum Gasteiger partial charge on any atom is -0.461 e. The third kappa shape index (κ3) is 4.06. The van der Waals surface area contributed by atoms with E-state index in [4.69, 9.17) is 10.2 Å². The predicted octanol–water partition coefficient (Wildman–Crippen LogP) is 2.52. The highest BCUT2D eigenvalue weighted by atomic mass is 35.5. The maximum absolute atomic E-state index is 13.9. The minimum atomic E-state index is -0.933. The Morgan fingerprint density at radius 2 is 1.72 bits per heavy atom. The number of piperazine rings is 1. The lowest BCUT2D eigenvalue weighted by atomic mass is 10.1. The van der Waals surface area contributed by atoms with Crippen LogP contribution in [0.15, 0.2) is 34.9 Å². The Morgan fingerprint density at radius 3 is 2.38 bits per heavy atom. The smallest absolute Gasteiger partial charge is 0.259 e. The van der Waals surface area contributed by atoms with Crippen LogP contribution in [0.25, 0.3) is 17.4 Å². The summed E-state index contributed by atoms with van der Waals surface area (Å²) in [7, 11) is 0. The van der Waals surface area contributed by atoms with Gasteiger partial charge in [0.15, 0.2) is 5.76 Å². The van der Waals surface area contributed by atoms with E-state index in [0.29, 0.717) is 55.8 Å². The van der Waals surface area contributed by atoms with Crippen molar-refractivity contribution >= 4 is 30.1 Å². The molecule has 0 spiro atoms. The summed E-state index contributed by atoms with van der Waals surface area (Å²) < 4.78 is 47.6. The summed E-state index contributed by atoms with van der Waals surface area (Å²) in [4.78, 5) is 16.9. The number of nitrogens with zero attached hydrogens (tertiary/aromatic N) is 7.